The molecule has 2 atom stereocenters. The Morgan fingerprint density at radius 3 is 2.39 bits per heavy atom. The normalized spacial score (nSPS) is 26.0. The lowest BCUT2D eigenvalue weighted by atomic mass is 9.76. The lowest BCUT2D eigenvalue weighted by Gasteiger charge is -2.29. The van der Waals surface area contributed by atoms with Gasteiger partial charge < -0.3 is 5.32 Å². The van der Waals surface area contributed by atoms with Crippen molar-refractivity contribution in [2.75, 3.05) is 6.54 Å². The van der Waals surface area contributed by atoms with Crippen LogP contribution in [0.5, 0.6) is 0 Å². The number of hydrogen-bond donors (Lipinski definition) is 1. The summed E-state index contributed by atoms with van der Waals surface area (Å²) in [7, 11) is 0. The Hall–Kier alpha value is -0.0400. The van der Waals surface area contributed by atoms with Gasteiger partial charge in [0.25, 0.3) is 0 Å². The van der Waals surface area contributed by atoms with E-state index in [2.05, 4.69) is 33.0 Å². The first-order valence-electron chi connectivity index (χ1n) is 8.27. The van der Waals surface area contributed by atoms with Gasteiger partial charge in [-0.25, -0.2) is 0 Å². The Labute approximate surface area is 115 Å². The molecule has 0 spiro atoms. The predicted molar refractivity (Wildman–Crippen MR) is 82.0 cm³/mol. The van der Waals surface area contributed by atoms with Crippen LogP contribution in [0, 0.1) is 11.3 Å². The molecular formula is C17H35N. The summed E-state index contributed by atoms with van der Waals surface area (Å²) in [5, 5.41) is 3.79. The number of unbranched alkanes of at least 4 members (excludes halogenated alkanes) is 3. The molecule has 0 amide bonds. The fraction of sp³-hybridized carbons (Fsp3) is 1.00. The molecule has 0 aromatic carbocycles. The number of rotatable bonds is 6. The van der Waals surface area contributed by atoms with E-state index in [1.54, 1.807) is 0 Å². The maximum atomic E-state index is 3.79. The smallest absolute Gasteiger partial charge is 0.00671 e. The molecular weight excluding hydrogens is 218 g/mol. The summed E-state index contributed by atoms with van der Waals surface area (Å²) in [6, 6.07) is 0.805. The molecule has 108 valence electrons. The molecule has 18 heavy (non-hydrogen) atoms. The maximum Gasteiger partial charge on any atom is 0.00671 e. The monoisotopic (exact) mass is 253 g/mol. The fourth-order valence-electron chi connectivity index (χ4n) is 3.23. The minimum atomic E-state index is 0.510. The second kappa shape index (κ2) is 8.19. The van der Waals surface area contributed by atoms with Crippen LogP contribution in [0.15, 0.2) is 0 Å². The standard InChI is InChI=1S/C17H35N/c1-5-6-7-8-14-18-16-11-9-10-15(12-13-16)17(2,3)4/h15-16,18H,5-14H2,1-4H3. The molecule has 1 aliphatic carbocycles. The summed E-state index contributed by atoms with van der Waals surface area (Å²) in [6.07, 6.45) is 12.6. The molecule has 0 aromatic heterocycles. The first-order chi connectivity index (χ1) is 8.54. The third-order valence-corrected chi connectivity index (χ3v) is 4.66. The van der Waals surface area contributed by atoms with E-state index in [4.69, 9.17) is 0 Å². The summed E-state index contributed by atoms with van der Waals surface area (Å²) >= 11 is 0. The lowest BCUT2D eigenvalue weighted by molar-refractivity contribution is 0.213. The van der Waals surface area contributed by atoms with Gasteiger partial charge in [-0.3, -0.25) is 0 Å². The van der Waals surface area contributed by atoms with Crippen LogP contribution in [-0.2, 0) is 0 Å². The van der Waals surface area contributed by atoms with Gasteiger partial charge in [0.2, 0.25) is 0 Å². The zero-order valence-electron chi connectivity index (χ0n) is 13.2. The van der Waals surface area contributed by atoms with Crippen molar-refractivity contribution >= 4 is 0 Å². The predicted octanol–water partition coefficient (Wildman–Crippen LogP) is 5.15. The molecule has 1 aliphatic rings. The summed E-state index contributed by atoms with van der Waals surface area (Å²) in [4.78, 5) is 0. The molecule has 1 N–H and O–H groups in total. The van der Waals surface area contributed by atoms with Crippen molar-refractivity contribution in [3.63, 3.8) is 0 Å². The second-order valence-electron chi connectivity index (χ2n) is 7.28. The van der Waals surface area contributed by atoms with E-state index in [1.165, 1.54) is 64.3 Å². The van der Waals surface area contributed by atoms with Crippen LogP contribution >= 0.6 is 0 Å². The van der Waals surface area contributed by atoms with Crippen molar-refractivity contribution in [3.8, 4) is 0 Å². The molecule has 0 radical (unpaired) electrons. The van der Waals surface area contributed by atoms with Crippen LogP contribution in [0.1, 0.15) is 85.5 Å². The Morgan fingerprint density at radius 2 is 1.72 bits per heavy atom. The molecule has 0 heterocycles. The highest BCUT2D eigenvalue weighted by atomic mass is 14.9. The SMILES string of the molecule is CCCCCCNC1CCCC(C(C)(C)C)CC1. The molecule has 0 aromatic rings. The van der Waals surface area contributed by atoms with Gasteiger partial charge in [-0.1, -0.05) is 53.4 Å². The average Bonchev–Trinajstić information content (AvgIpc) is 2.53. The lowest BCUT2D eigenvalue weighted by Crippen LogP contribution is -2.29. The summed E-state index contributed by atoms with van der Waals surface area (Å²) in [5.41, 5.74) is 0.510. The summed E-state index contributed by atoms with van der Waals surface area (Å²) in [5.74, 6) is 0.935. The van der Waals surface area contributed by atoms with E-state index in [0.29, 0.717) is 5.41 Å². The van der Waals surface area contributed by atoms with Gasteiger partial charge in [0, 0.05) is 6.04 Å². The van der Waals surface area contributed by atoms with Gasteiger partial charge in [0.05, 0.1) is 0 Å². The van der Waals surface area contributed by atoms with Crippen LogP contribution in [-0.4, -0.2) is 12.6 Å². The van der Waals surface area contributed by atoms with Crippen LogP contribution in [0.3, 0.4) is 0 Å². The fourth-order valence-corrected chi connectivity index (χ4v) is 3.23. The van der Waals surface area contributed by atoms with Crippen molar-refractivity contribution in [3.05, 3.63) is 0 Å². The van der Waals surface area contributed by atoms with Crippen LogP contribution < -0.4 is 5.32 Å². The highest BCUT2D eigenvalue weighted by Crippen LogP contribution is 2.36. The number of hydrogen-bond acceptors (Lipinski definition) is 1. The second-order valence-corrected chi connectivity index (χ2v) is 7.28. The van der Waals surface area contributed by atoms with E-state index in [-0.39, 0.29) is 0 Å². The van der Waals surface area contributed by atoms with Gasteiger partial charge in [0.15, 0.2) is 0 Å². The van der Waals surface area contributed by atoms with Crippen molar-refractivity contribution in [1.82, 2.24) is 5.32 Å². The van der Waals surface area contributed by atoms with Crippen LogP contribution in [0.4, 0.5) is 0 Å². The Kier molecular flexibility index (Phi) is 7.29. The van der Waals surface area contributed by atoms with Crippen molar-refractivity contribution in [1.29, 1.82) is 0 Å². The minimum absolute atomic E-state index is 0.510. The molecule has 1 fully saturated rings. The zero-order chi connectivity index (χ0) is 13.4. The van der Waals surface area contributed by atoms with Gasteiger partial charge in [-0.15, -0.1) is 0 Å². The third kappa shape index (κ3) is 6.22. The largest absolute Gasteiger partial charge is 0.314 e. The van der Waals surface area contributed by atoms with E-state index >= 15 is 0 Å². The van der Waals surface area contributed by atoms with Crippen LogP contribution in [0.25, 0.3) is 0 Å². The quantitative estimate of drug-likeness (QED) is 0.510. The zero-order valence-corrected chi connectivity index (χ0v) is 13.2. The number of nitrogens with one attached hydrogen (secondary N) is 1. The van der Waals surface area contributed by atoms with Gasteiger partial charge >= 0.3 is 0 Å². The maximum absolute atomic E-state index is 3.79. The highest BCUT2D eigenvalue weighted by molar-refractivity contribution is 4.81. The molecule has 0 saturated heterocycles. The first-order valence-corrected chi connectivity index (χ1v) is 8.27. The Bertz CT molecular complexity index is 204. The first kappa shape index (κ1) is 16.0. The van der Waals surface area contributed by atoms with E-state index in [9.17, 15) is 0 Å². The Balaban J connectivity index is 2.17. The van der Waals surface area contributed by atoms with E-state index in [0.717, 1.165) is 12.0 Å². The minimum Gasteiger partial charge on any atom is -0.314 e. The van der Waals surface area contributed by atoms with Crippen molar-refractivity contribution in [2.24, 2.45) is 11.3 Å². The Morgan fingerprint density at radius 1 is 0.944 bits per heavy atom. The van der Waals surface area contributed by atoms with E-state index in [1.807, 2.05) is 0 Å². The van der Waals surface area contributed by atoms with Gasteiger partial charge in [-0.05, 0) is 50.0 Å². The van der Waals surface area contributed by atoms with Crippen molar-refractivity contribution in [2.45, 2.75) is 91.5 Å². The molecule has 0 bridgehead atoms. The average molecular weight is 253 g/mol. The molecule has 1 nitrogen and oxygen atoms in total. The third-order valence-electron chi connectivity index (χ3n) is 4.66. The van der Waals surface area contributed by atoms with Gasteiger partial charge in [0.1, 0.15) is 0 Å². The summed E-state index contributed by atoms with van der Waals surface area (Å²) in [6.45, 7) is 10.8. The molecule has 2 unspecified atom stereocenters. The summed E-state index contributed by atoms with van der Waals surface area (Å²) < 4.78 is 0. The van der Waals surface area contributed by atoms with Crippen molar-refractivity contribution < 1.29 is 0 Å². The van der Waals surface area contributed by atoms with E-state index < -0.39 is 0 Å². The molecule has 1 rings (SSSR count). The topological polar surface area (TPSA) is 12.0 Å². The molecule has 1 heteroatoms. The van der Waals surface area contributed by atoms with Gasteiger partial charge in [-0.2, -0.15) is 0 Å². The molecule has 1 saturated carbocycles. The highest BCUT2D eigenvalue weighted by Gasteiger charge is 2.27. The van der Waals surface area contributed by atoms with Crippen LogP contribution in [0.2, 0.25) is 0 Å². The molecule has 0 aliphatic heterocycles.